The van der Waals surface area contributed by atoms with Crippen molar-refractivity contribution in [3.05, 3.63) is 80.6 Å². The van der Waals surface area contributed by atoms with Crippen molar-refractivity contribution in [3.8, 4) is 17.0 Å². The Morgan fingerprint density at radius 3 is 2.79 bits per heavy atom. The largest absolute Gasteiger partial charge is 0.510 e. The number of benzene rings is 2. The molecule has 0 radical (unpaired) electrons. The summed E-state index contributed by atoms with van der Waals surface area (Å²) >= 11 is 1.41. The van der Waals surface area contributed by atoms with Gasteiger partial charge in [-0.2, -0.15) is 0 Å². The van der Waals surface area contributed by atoms with Crippen molar-refractivity contribution < 1.29 is 37.3 Å². The summed E-state index contributed by atoms with van der Waals surface area (Å²) in [6.07, 6.45) is 0.141. The van der Waals surface area contributed by atoms with Gasteiger partial charge >= 0.3 is 6.16 Å². The van der Waals surface area contributed by atoms with E-state index >= 15 is 8.78 Å². The van der Waals surface area contributed by atoms with Crippen LogP contribution in [0, 0.1) is 11.6 Å². The standard InChI is InChI=1S/C29H25F2N3O7S/c1-38-28(37)41-14-40-26-21(35)10-20(34-25(26)27(36)33-23(32-34)11-39-13-29(33)6-7-29)17-9-19(30)24(31)18-12-42-22-5-3-2-4-15(22)8-16(17)18/h2-5,9-10,23,32H,6-8,11-14H2,1H3/t23-/m0/s1. The molecule has 4 heterocycles. The van der Waals surface area contributed by atoms with Crippen molar-refractivity contribution >= 4 is 23.8 Å². The second-order valence-corrected chi connectivity index (χ2v) is 11.6. The lowest BCUT2D eigenvalue weighted by Crippen LogP contribution is -2.64. The first kappa shape index (κ1) is 26.8. The molecule has 10 nitrogen and oxygen atoms in total. The third-order valence-corrected chi connectivity index (χ3v) is 9.28. The Kier molecular flexibility index (Phi) is 6.39. The number of aromatic nitrogens is 1. The first-order valence-corrected chi connectivity index (χ1v) is 14.3. The van der Waals surface area contributed by atoms with Gasteiger partial charge in [-0.25, -0.2) is 18.3 Å². The lowest BCUT2D eigenvalue weighted by atomic mass is 9.92. The summed E-state index contributed by atoms with van der Waals surface area (Å²) in [5.74, 6) is -2.66. The Balaban J connectivity index is 1.42. The number of methoxy groups -OCH3 is 1. The fourth-order valence-corrected chi connectivity index (χ4v) is 7.06. The molecule has 1 saturated heterocycles. The molecule has 4 aliphatic rings. The highest BCUT2D eigenvalue weighted by Crippen LogP contribution is 2.48. The topological polar surface area (TPSA) is 108 Å². The maximum Gasteiger partial charge on any atom is 0.510 e. The van der Waals surface area contributed by atoms with Crippen molar-refractivity contribution in [2.24, 2.45) is 0 Å². The number of thioether (sulfide) groups is 1. The Labute approximate surface area is 242 Å². The van der Waals surface area contributed by atoms with E-state index in [0.29, 0.717) is 12.2 Å². The number of fused-ring (bicyclic) bond motifs is 5. The Morgan fingerprint density at radius 2 is 2.00 bits per heavy atom. The molecule has 1 aromatic heterocycles. The molecule has 3 aromatic rings. The van der Waals surface area contributed by atoms with Crippen molar-refractivity contribution in [2.45, 2.75) is 41.6 Å². The molecule has 1 atom stereocenters. The van der Waals surface area contributed by atoms with Crippen LogP contribution in [-0.4, -0.2) is 60.5 Å². The molecule has 1 spiro atoms. The molecule has 1 saturated carbocycles. The van der Waals surface area contributed by atoms with Crippen molar-refractivity contribution in [1.82, 2.24) is 9.58 Å². The zero-order valence-corrected chi connectivity index (χ0v) is 23.2. The minimum absolute atomic E-state index is 0.141. The number of morpholine rings is 1. The van der Waals surface area contributed by atoms with Gasteiger partial charge in [-0.3, -0.25) is 9.59 Å². The molecule has 218 valence electrons. The van der Waals surface area contributed by atoms with Crippen LogP contribution in [0.5, 0.6) is 5.75 Å². The minimum Gasteiger partial charge on any atom is -0.451 e. The van der Waals surface area contributed by atoms with E-state index in [1.807, 2.05) is 24.3 Å². The SMILES string of the molecule is COC(=O)OCOc1c2n(c(-c3cc(F)c(F)c4c3Cc3ccccc3SC4)cc1=O)N[C@@H]1COCC3(CC3)N1C2=O. The van der Waals surface area contributed by atoms with E-state index in [9.17, 15) is 14.4 Å². The lowest BCUT2D eigenvalue weighted by molar-refractivity contribution is -0.0467. The van der Waals surface area contributed by atoms with Gasteiger partial charge in [-0.05, 0) is 42.5 Å². The number of nitrogens with one attached hydrogen (secondary N) is 1. The highest BCUT2D eigenvalue weighted by molar-refractivity contribution is 7.98. The van der Waals surface area contributed by atoms with Crippen LogP contribution in [0.15, 0.2) is 46.1 Å². The highest BCUT2D eigenvalue weighted by Gasteiger charge is 2.58. The van der Waals surface area contributed by atoms with Crippen LogP contribution < -0.4 is 15.6 Å². The van der Waals surface area contributed by atoms with E-state index in [2.05, 4.69) is 10.2 Å². The average Bonchev–Trinajstić information content (AvgIpc) is 3.78. The number of ether oxygens (including phenoxy) is 4. The zero-order valence-electron chi connectivity index (χ0n) is 22.4. The molecular weight excluding hydrogens is 572 g/mol. The lowest BCUT2D eigenvalue weighted by Gasteiger charge is -2.47. The van der Waals surface area contributed by atoms with Gasteiger partial charge in [0.25, 0.3) is 5.91 Å². The van der Waals surface area contributed by atoms with Gasteiger partial charge in [0, 0.05) is 27.8 Å². The number of carbonyl (C=O) groups is 2. The smallest absolute Gasteiger partial charge is 0.451 e. The summed E-state index contributed by atoms with van der Waals surface area (Å²) in [7, 11) is 1.12. The summed E-state index contributed by atoms with van der Waals surface area (Å²) in [6.45, 7) is -0.149. The van der Waals surface area contributed by atoms with Gasteiger partial charge in [0.05, 0.1) is 31.6 Å². The normalized spacial score (nSPS) is 19.5. The summed E-state index contributed by atoms with van der Waals surface area (Å²) in [5, 5.41) is 0. The number of rotatable bonds is 4. The van der Waals surface area contributed by atoms with Crippen LogP contribution in [0.25, 0.3) is 11.3 Å². The molecule has 7 rings (SSSR count). The monoisotopic (exact) mass is 597 g/mol. The molecule has 42 heavy (non-hydrogen) atoms. The average molecular weight is 598 g/mol. The molecule has 0 bridgehead atoms. The van der Waals surface area contributed by atoms with Crippen LogP contribution in [0.2, 0.25) is 0 Å². The first-order valence-electron chi connectivity index (χ1n) is 13.3. The molecule has 2 aromatic carbocycles. The van der Waals surface area contributed by atoms with Crippen molar-refractivity contribution in [2.75, 3.05) is 32.5 Å². The second kappa shape index (κ2) is 10.0. The number of halogens is 2. The maximum absolute atomic E-state index is 15.3. The van der Waals surface area contributed by atoms with Gasteiger partial charge in [-0.1, -0.05) is 18.2 Å². The van der Waals surface area contributed by atoms with Crippen LogP contribution in [0.4, 0.5) is 13.6 Å². The fraction of sp³-hybridized carbons (Fsp3) is 0.345. The van der Waals surface area contributed by atoms with Crippen molar-refractivity contribution in [1.29, 1.82) is 0 Å². The summed E-state index contributed by atoms with van der Waals surface area (Å²) < 4.78 is 52.5. The van der Waals surface area contributed by atoms with Crippen LogP contribution in [0.1, 0.15) is 40.0 Å². The van der Waals surface area contributed by atoms with Gasteiger partial charge in [0.15, 0.2) is 17.3 Å². The summed E-state index contributed by atoms with van der Waals surface area (Å²) in [6, 6.07) is 9.90. The van der Waals surface area contributed by atoms with Gasteiger partial charge in [-0.15, -0.1) is 11.8 Å². The predicted octanol–water partition coefficient (Wildman–Crippen LogP) is 4.00. The maximum atomic E-state index is 15.3. The number of pyridine rings is 1. The third-order valence-electron chi connectivity index (χ3n) is 8.14. The van der Waals surface area contributed by atoms with E-state index < -0.39 is 47.6 Å². The zero-order chi connectivity index (χ0) is 29.2. The number of amides is 1. The van der Waals surface area contributed by atoms with E-state index in [4.69, 9.17) is 14.2 Å². The number of carbonyl (C=O) groups excluding carboxylic acids is 2. The van der Waals surface area contributed by atoms with E-state index in [0.717, 1.165) is 36.5 Å². The van der Waals surface area contributed by atoms with Crippen LogP contribution >= 0.6 is 11.8 Å². The molecule has 1 N–H and O–H groups in total. The van der Waals surface area contributed by atoms with Crippen LogP contribution in [-0.2, 0) is 26.4 Å². The van der Waals surface area contributed by atoms with Gasteiger partial charge in [0.1, 0.15) is 6.17 Å². The van der Waals surface area contributed by atoms with Gasteiger partial charge < -0.3 is 29.3 Å². The number of hydrogen-bond donors (Lipinski definition) is 1. The molecule has 2 fully saturated rings. The van der Waals surface area contributed by atoms with E-state index in [1.54, 1.807) is 4.90 Å². The molecule has 1 amide bonds. The molecule has 13 heteroatoms. The Morgan fingerprint density at radius 1 is 1.19 bits per heavy atom. The highest BCUT2D eigenvalue weighted by atomic mass is 32.2. The summed E-state index contributed by atoms with van der Waals surface area (Å²) in [5.41, 5.74) is 4.00. The molecule has 1 aliphatic carbocycles. The first-order chi connectivity index (χ1) is 20.3. The predicted molar refractivity (Wildman–Crippen MR) is 146 cm³/mol. The summed E-state index contributed by atoms with van der Waals surface area (Å²) in [4.78, 5) is 41.9. The number of hydrogen-bond acceptors (Lipinski definition) is 9. The molecule has 3 aliphatic heterocycles. The van der Waals surface area contributed by atoms with Crippen molar-refractivity contribution in [3.63, 3.8) is 0 Å². The fourth-order valence-electron chi connectivity index (χ4n) is 5.96. The molecular formula is C29H25F2N3O7S. The third kappa shape index (κ3) is 4.21. The van der Waals surface area contributed by atoms with Gasteiger partial charge in [0.2, 0.25) is 18.0 Å². The second-order valence-electron chi connectivity index (χ2n) is 10.6. The Hall–Kier alpha value is -4.10. The number of nitrogens with zero attached hydrogens (tertiary/aromatic N) is 2. The Bertz CT molecular complexity index is 1710. The quantitative estimate of drug-likeness (QED) is 0.353. The van der Waals surface area contributed by atoms with E-state index in [1.165, 1.54) is 22.5 Å². The van der Waals surface area contributed by atoms with Crippen LogP contribution in [0.3, 0.4) is 0 Å². The minimum atomic E-state index is -1.06. The van der Waals surface area contributed by atoms with E-state index in [-0.39, 0.29) is 47.0 Å². The molecule has 0 unspecified atom stereocenters.